The molecule has 0 amide bonds. The maximum absolute atomic E-state index is 5.95. The van der Waals surface area contributed by atoms with Gasteiger partial charge in [0.2, 0.25) is 0 Å². The molecule has 0 radical (unpaired) electrons. The quantitative estimate of drug-likeness (QED) is 0.322. The van der Waals surface area contributed by atoms with Crippen LogP contribution in [0.1, 0.15) is 57.0 Å². The molecule has 35 heavy (non-hydrogen) atoms. The standard InChI is InChI=1S/C30H32N4S/c1-18-13-14-24(16-20(18)3)34-29(28(32-30(34)35)26-11-7-8-15-31-26)25-17-21(4)33(23(25)6)27-12-9-10-19(2)22(27)5/h7-17,28-29H,1-6H3,(H,32,35)/t28-,29+/m0/s1. The molecule has 1 N–H and O–H groups in total. The van der Waals surface area contributed by atoms with E-state index in [1.54, 1.807) is 0 Å². The molecule has 3 heterocycles. The highest BCUT2D eigenvalue weighted by Crippen LogP contribution is 2.44. The van der Waals surface area contributed by atoms with Crippen molar-refractivity contribution in [2.75, 3.05) is 4.90 Å². The summed E-state index contributed by atoms with van der Waals surface area (Å²) in [6, 6.07) is 21.4. The average Bonchev–Trinajstić information content (AvgIpc) is 3.33. The van der Waals surface area contributed by atoms with E-state index in [-0.39, 0.29) is 12.1 Å². The van der Waals surface area contributed by atoms with Crippen molar-refractivity contribution in [3.63, 3.8) is 0 Å². The van der Waals surface area contributed by atoms with Gasteiger partial charge in [0.15, 0.2) is 5.11 Å². The number of nitrogens with one attached hydrogen (secondary N) is 1. The van der Waals surface area contributed by atoms with Crippen LogP contribution < -0.4 is 10.2 Å². The number of aryl methyl sites for hydroxylation is 4. The second-order valence-corrected chi connectivity index (χ2v) is 10.0. The summed E-state index contributed by atoms with van der Waals surface area (Å²) in [6.45, 7) is 13.1. The Morgan fingerprint density at radius 3 is 2.34 bits per heavy atom. The van der Waals surface area contributed by atoms with E-state index in [1.807, 2.05) is 18.3 Å². The average molecular weight is 481 g/mol. The molecule has 0 bridgehead atoms. The summed E-state index contributed by atoms with van der Waals surface area (Å²) in [4.78, 5) is 6.99. The van der Waals surface area contributed by atoms with E-state index in [9.17, 15) is 0 Å². The third-order valence-corrected chi connectivity index (χ3v) is 7.79. The molecule has 1 aliphatic rings. The number of nitrogens with zero attached hydrogens (tertiary/aromatic N) is 3. The van der Waals surface area contributed by atoms with Crippen LogP contribution in [-0.2, 0) is 0 Å². The van der Waals surface area contributed by atoms with Crippen LogP contribution >= 0.6 is 12.2 Å². The number of anilines is 1. The van der Waals surface area contributed by atoms with Crippen molar-refractivity contribution in [2.24, 2.45) is 0 Å². The number of rotatable bonds is 4. The Labute approximate surface area is 213 Å². The van der Waals surface area contributed by atoms with Crippen LogP contribution in [0.4, 0.5) is 5.69 Å². The van der Waals surface area contributed by atoms with Crippen LogP contribution in [0.15, 0.2) is 66.9 Å². The zero-order chi connectivity index (χ0) is 24.9. The fourth-order valence-corrected chi connectivity index (χ4v) is 5.61. The van der Waals surface area contributed by atoms with E-state index < -0.39 is 0 Å². The minimum Gasteiger partial charge on any atom is -0.351 e. The van der Waals surface area contributed by atoms with Crippen LogP contribution in [0.3, 0.4) is 0 Å². The molecule has 1 aliphatic heterocycles. The van der Waals surface area contributed by atoms with Gasteiger partial charge in [-0.1, -0.05) is 24.3 Å². The second kappa shape index (κ2) is 8.97. The number of hydrogen-bond acceptors (Lipinski definition) is 2. The number of benzene rings is 2. The third kappa shape index (κ3) is 3.94. The molecule has 5 heteroatoms. The molecular formula is C30H32N4S. The summed E-state index contributed by atoms with van der Waals surface area (Å²) in [7, 11) is 0. The summed E-state index contributed by atoms with van der Waals surface area (Å²) >= 11 is 5.95. The normalized spacial score (nSPS) is 17.7. The molecule has 0 aliphatic carbocycles. The maximum atomic E-state index is 5.95. The fourth-order valence-electron chi connectivity index (χ4n) is 5.26. The lowest BCUT2D eigenvalue weighted by atomic mass is 9.96. The minimum atomic E-state index is -0.0575. The van der Waals surface area contributed by atoms with Gasteiger partial charge in [-0.05, 0) is 118 Å². The molecule has 0 spiro atoms. The Hall–Kier alpha value is -3.44. The van der Waals surface area contributed by atoms with Crippen molar-refractivity contribution >= 4 is 23.0 Å². The van der Waals surface area contributed by atoms with E-state index in [2.05, 4.69) is 105 Å². The van der Waals surface area contributed by atoms with Gasteiger partial charge in [0.05, 0.1) is 17.8 Å². The first-order chi connectivity index (χ1) is 16.8. The molecule has 2 atom stereocenters. The van der Waals surface area contributed by atoms with E-state index in [0.29, 0.717) is 0 Å². The van der Waals surface area contributed by atoms with Crippen molar-refractivity contribution in [3.05, 3.63) is 112 Å². The number of pyridine rings is 1. The van der Waals surface area contributed by atoms with Gasteiger partial charge in [-0.15, -0.1) is 0 Å². The monoisotopic (exact) mass is 480 g/mol. The smallest absolute Gasteiger partial charge is 0.174 e. The third-order valence-electron chi connectivity index (χ3n) is 7.47. The highest BCUT2D eigenvalue weighted by atomic mass is 32.1. The largest absolute Gasteiger partial charge is 0.351 e. The molecule has 0 unspecified atom stereocenters. The molecule has 1 fully saturated rings. The highest BCUT2D eigenvalue weighted by Gasteiger charge is 2.42. The summed E-state index contributed by atoms with van der Waals surface area (Å²) in [5.41, 5.74) is 12.1. The molecule has 4 aromatic rings. The Bertz CT molecular complexity index is 1420. The molecule has 5 rings (SSSR count). The van der Waals surface area contributed by atoms with Gasteiger partial charge in [-0.25, -0.2) is 0 Å². The molecule has 1 saturated heterocycles. The lowest BCUT2D eigenvalue weighted by molar-refractivity contribution is 0.565. The first kappa shape index (κ1) is 23.3. The van der Waals surface area contributed by atoms with Crippen molar-refractivity contribution in [3.8, 4) is 5.69 Å². The van der Waals surface area contributed by atoms with E-state index >= 15 is 0 Å². The van der Waals surface area contributed by atoms with Crippen LogP contribution in [-0.4, -0.2) is 14.7 Å². The van der Waals surface area contributed by atoms with Crippen molar-refractivity contribution in [1.29, 1.82) is 0 Å². The predicted octanol–water partition coefficient (Wildman–Crippen LogP) is 6.90. The van der Waals surface area contributed by atoms with Crippen molar-refractivity contribution in [1.82, 2.24) is 14.9 Å². The topological polar surface area (TPSA) is 33.1 Å². The summed E-state index contributed by atoms with van der Waals surface area (Å²) < 4.78 is 2.38. The van der Waals surface area contributed by atoms with Crippen LogP contribution in [0.5, 0.6) is 0 Å². The van der Waals surface area contributed by atoms with Gasteiger partial charge in [-0.3, -0.25) is 4.98 Å². The van der Waals surface area contributed by atoms with E-state index in [1.165, 1.54) is 44.9 Å². The Morgan fingerprint density at radius 2 is 1.63 bits per heavy atom. The Kier molecular flexibility index (Phi) is 5.97. The van der Waals surface area contributed by atoms with Crippen LogP contribution in [0.25, 0.3) is 5.69 Å². The second-order valence-electron chi connectivity index (χ2n) is 9.65. The van der Waals surface area contributed by atoms with Crippen molar-refractivity contribution in [2.45, 2.75) is 53.6 Å². The van der Waals surface area contributed by atoms with E-state index in [0.717, 1.165) is 16.5 Å². The van der Waals surface area contributed by atoms with Gasteiger partial charge in [0.1, 0.15) is 0 Å². The maximum Gasteiger partial charge on any atom is 0.174 e. The van der Waals surface area contributed by atoms with E-state index in [4.69, 9.17) is 17.2 Å². The Balaban J connectivity index is 1.71. The lowest BCUT2D eigenvalue weighted by Gasteiger charge is -2.29. The minimum absolute atomic E-state index is 0.0235. The highest BCUT2D eigenvalue weighted by molar-refractivity contribution is 7.80. The first-order valence-electron chi connectivity index (χ1n) is 12.1. The zero-order valence-electron chi connectivity index (χ0n) is 21.3. The molecule has 2 aromatic heterocycles. The van der Waals surface area contributed by atoms with Gasteiger partial charge in [-0.2, -0.15) is 0 Å². The number of hydrogen-bond donors (Lipinski definition) is 1. The number of aromatic nitrogens is 2. The zero-order valence-corrected chi connectivity index (χ0v) is 22.1. The predicted molar refractivity (Wildman–Crippen MR) is 149 cm³/mol. The Morgan fingerprint density at radius 1 is 0.829 bits per heavy atom. The first-order valence-corrected chi connectivity index (χ1v) is 12.5. The van der Waals surface area contributed by atoms with Crippen LogP contribution in [0, 0.1) is 41.5 Å². The van der Waals surface area contributed by atoms with Crippen molar-refractivity contribution < 1.29 is 0 Å². The van der Waals surface area contributed by atoms with Gasteiger partial charge in [0, 0.05) is 29.0 Å². The summed E-state index contributed by atoms with van der Waals surface area (Å²) in [6.07, 6.45) is 1.86. The SMILES string of the molecule is Cc1ccc(N2C(=S)N[C@@H](c3ccccn3)[C@H]2c2cc(C)n(-c3cccc(C)c3C)c2C)cc1C. The lowest BCUT2D eigenvalue weighted by Crippen LogP contribution is -2.29. The fraction of sp³-hybridized carbons (Fsp3) is 0.267. The van der Waals surface area contributed by atoms with Gasteiger partial charge in [0.25, 0.3) is 0 Å². The molecule has 2 aromatic carbocycles. The van der Waals surface area contributed by atoms with Crippen LogP contribution in [0.2, 0.25) is 0 Å². The summed E-state index contributed by atoms with van der Waals surface area (Å²) in [5, 5.41) is 4.33. The molecule has 4 nitrogen and oxygen atoms in total. The molecule has 178 valence electrons. The van der Waals surface area contributed by atoms with Gasteiger partial charge < -0.3 is 14.8 Å². The van der Waals surface area contributed by atoms with Gasteiger partial charge >= 0.3 is 0 Å². The summed E-state index contributed by atoms with van der Waals surface area (Å²) in [5.74, 6) is 0. The molecule has 0 saturated carbocycles. The number of thiocarbonyl (C=S) groups is 1. The molecular weight excluding hydrogens is 448 g/mol.